The standard InChI is InChI=1S/C32H55NO2/c1-7-8-20-33-30(34)35-25-16-18-31(5)24(21-25)12-13-26-28-15-14-27(23(4)11-9-10-22(2)3)32(28,6)19-17-29(26)31/h12,22-23,25-29H,7-11,13-21H2,1-6H3,(H,33,34)/t23-,25+,26-,27+,28-,29-,31+,32-/m1/s1. The van der Waals surface area contributed by atoms with Gasteiger partial charge in [-0.15, -0.1) is 0 Å². The number of ether oxygens (including phenoxy) is 1. The third-order valence-electron chi connectivity index (χ3n) is 11.3. The summed E-state index contributed by atoms with van der Waals surface area (Å²) in [6.45, 7) is 15.4. The van der Waals surface area contributed by atoms with Crippen LogP contribution in [0.25, 0.3) is 0 Å². The Morgan fingerprint density at radius 3 is 2.60 bits per heavy atom. The monoisotopic (exact) mass is 485 g/mol. The van der Waals surface area contributed by atoms with Crippen LogP contribution >= 0.6 is 0 Å². The summed E-state index contributed by atoms with van der Waals surface area (Å²) in [7, 11) is 0. The number of rotatable bonds is 9. The smallest absolute Gasteiger partial charge is 0.407 e. The highest BCUT2D eigenvalue weighted by Gasteiger charge is 2.59. The van der Waals surface area contributed by atoms with Gasteiger partial charge in [0.25, 0.3) is 0 Å². The summed E-state index contributed by atoms with van der Waals surface area (Å²) in [4.78, 5) is 12.2. The largest absolute Gasteiger partial charge is 0.446 e. The topological polar surface area (TPSA) is 38.3 Å². The van der Waals surface area contributed by atoms with Crippen molar-refractivity contribution in [3.05, 3.63) is 11.6 Å². The van der Waals surface area contributed by atoms with Gasteiger partial charge in [0.05, 0.1) is 0 Å². The second-order valence-corrected chi connectivity index (χ2v) is 13.8. The number of amides is 1. The average molecular weight is 486 g/mol. The molecular weight excluding hydrogens is 430 g/mol. The Bertz CT molecular complexity index is 759. The third kappa shape index (κ3) is 5.49. The summed E-state index contributed by atoms with van der Waals surface area (Å²) in [5.74, 6) is 5.24. The lowest BCUT2D eigenvalue weighted by atomic mass is 9.47. The summed E-state index contributed by atoms with van der Waals surface area (Å²) in [6.07, 6.45) is 19.0. The Morgan fingerprint density at radius 2 is 1.86 bits per heavy atom. The zero-order valence-corrected chi connectivity index (χ0v) is 23.8. The molecule has 0 aromatic rings. The molecule has 0 bridgehead atoms. The molecule has 200 valence electrons. The van der Waals surface area contributed by atoms with Gasteiger partial charge in [-0.25, -0.2) is 4.79 Å². The van der Waals surface area contributed by atoms with Crippen molar-refractivity contribution in [1.82, 2.24) is 5.32 Å². The van der Waals surface area contributed by atoms with Crippen molar-refractivity contribution in [3.63, 3.8) is 0 Å². The Kier molecular flexibility index (Phi) is 8.64. The molecule has 3 nitrogen and oxygen atoms in total. The molecule has 35 heavy (non-hydrogen) atoms. The van der Waals surface area contributed by atoms with Gasteiger partial charge in [-0.1, -0.05) is 78.9 Å². The predicted octanol–water partition coefficient (Wildman–Crippen LogP) is 8.92. The average Bonchev–Trinajstić information content (AvgIpc) is 3.16. The second kappa shape index (κ2) is 11.2. The Labute approximate surface area is 216 Å². The van der Waals surface area contributed by atoms with E-state index in [0.717, 1.165) is 67.7 Å². The summed E-state index contributed by atoms with van der Waals surface area (Å²) in [5.41, 5.74) is 2.48. The number of alkyl carbamates (subject to hydrolysis) is 1. The van der Waals surface area contributed by atoms with Crippen LogP contribution in [0.1, 0.15) is 125 Å². The summed E-state index contributed by atoms with van der Waals surface area (Å²) in [5, 5.41) is 2.94. The molecule has 3 saturated carbocycles. The lowest BCUT2D eigenvalue weighted by Crippen LogP contribution is -2.51. The van der Waals surface area contributed by atoms with E-state index in [2.05, 4.69) is 52.9 Å². The van der Waals surface area contributed by atoms with E-state index in [1.165, 1.54) is 57.8 Å². The zero-order valence-electron chi connectivity index (χ0n) is 23.8. The van der Waals surface area contributed by atoms with Crippen molar-refractivity contribution < 1.29 is 9.53 Å². The molecule has 0 aliphatic heterocycles. The predicted molar refractivity (Wildman–Crippen MR) is 146 cm³/mol. The SMILES string of the molecule is CCCCNC(=O)O[C@H]1CC[C@@]2(C)C(=CC[C@@H]3[C@H]4CC[C@@H]([C@H](C)CCCC(C)C)[C@@]4(C)CC[C@H]32)C1. The molecule has 0 aromatic heterocycles. The molecule has 4 aliphatic carbocycles. The first-order valence-electron chi connectivity index (χ1n) is 15.3. The molecule has 1 amide bonds. The van der Waals surface area contributed by atoms with Crippen LogP contribution in [0.2, 0.25) is 0 Å². The number of allylic oxidation sites excluding steroid dienone is 1. The van der Waals surface area contributed by atoms with Gasteiger partial charge in [0.15, 0.2) is 0 Å². The first kappa shape index (κ1) is 27.1. The van der Waals surface area contributed by atoms with Crippen molar-refractivity contribution in [2.75, 3.05) is 6.54 Å². The molecule has 3 fully saturated rings. The molecule has 4 aliphatic rings. The van der Waals surface area contributed by atoms with Gasteiger partial charge in [-0.2, -0.15) is 0 Å². The molecule has 8 atom stereocenters. The van der Waals surface area contributed by atoms with E-state index in [1.54, 1.807) is 5.57 Å². The van der Waals surface area contributed by atoms with Crippen molar-refractivity contribution in [2.45, 2.75) is 131 Å². The lowest BCUT2D eigenvalue weighted by Gasteiger charge is -2.58. The summed E-state index contributed by atoms with van der Waals surface area (Å²) >= 11 is 0. The molecular formula is C32H55NO2. The molecule has 0 unspecified atom stereocenters. The summed E-state index contributed by atoms with van der Waals surface area (Å²) < 4.78 is 5.85. The molecule has 4 rings (SSSR count). The quantitative estimate of drug-likeness (QED) is 0.261. The van der Waals surface area contributed by atoms with Gasteiger partial charge in [-0.05, 0) is 97.7 Å². The van der Waals surface area contributed by atoms with Gasteiger partial charge >= 0.3 is 6.09 Å². The Balaban J connectivity index is 1.39. The number of carbonyl (C=O) groups is 1. The number of unbranched alkanes of at least 4 members (excludes halogenated alkanes) is 1. The lowest BCUT2D eigenvalue weighted by molar-refractivity contribution is -0.0581. The van der Waals surface area contributed by atoms with E-state index in [-0.39, 0.29) is 12.2 Å². The van der Waals surface area contributed by atoms with Crippen molar-refractivity contribution in [3.8, 4) is 0 Å². The van der Waals surface area contributed by atoms with Crippen LogP contribution in [0.3, 0.4) is 0 Å². The fraction of sp³-hybridized carbons (Fsp3) is 0.906. The number of carbonyl (C=O) groups excluding carboxylic acids is 1. The van der Waals surface area contributed by atoms with Crippen LogP contribution in [0.15, 0.2) is 11.6 Å². The van der Waals surface area contributed by atoms with E-state index in [0.29, 0.717) is 10.8 Å². The number of nitrogens with one attached hydrogen (secondary N) is 1. The van der Waals surface area contributed by atoms with E-state index in [4.69, 9.17) is 4.74 Å². The maximum atomic E-state index is 12.2. The molecule has 1 N–H and O–H groups in total. The minimum atomic E-state index is -0.214. The maximum absolute atomic E-state index is 12.2. The number of fused-ring (bicyclic) bond motifs is 5. The van der Waals surface area contributed by atoms with E-state index >= 15 is 0 Å². The molecule has 0 saturated heterocycles. The molecule has 0 radical (unpaired) electrons. The van der Waals surface area contributed by atoms with E-state index < -0.39 is 0 Å². The van der Waals surface area contributed by atoms with Gasteiger partial charge in [0, 0.05) is 13.0 Å². The van der Waals surface area contributed by atoms with Gasteiger partial charge in [-0.3, -0.25) is 0 Å². The highest BCUT2D eigenvalue weighted by Crippen LogP contribution is 2.67. The van der Waals surface area contributed by atoms with Gasteiger partial charge in [0.2, 0.25) is 0 Å². The van der Waals surface area contributed by atoms with Gasteiger partial charge in [0.1, 0.15) is 6.10 Å². The fourth-order valence-electron chi connectivity index (χ4n) is 9.31. The molecule has 0 spiro atoms. The highest BCUT2D eigenvalue weighted by atomic mass is 16.6. The molecule has 3 heteroatoms. The normalized spacial score (nSPS) is 39.3. The highest BCUT2D eigenvalue weighted by molar-refractivity contribution is 5.67. The van der Waals surface area contributed by atoms with Crippen molar-refractivity contribution >= 4 is 6.09 Å². The molecule has 0 heterocycles. The fourth-order valence-corrected chi connectivity index (χ4v) is 9.31. The van der Waals surface area contributed by atoms with Crippen LogP contribution in [0.5, 0.6) is 0 Å². The second-order valence-electron chi connectivity index (χ2n) is 13.8. The third-order valence-corrected chi connectivity index (χ3v) is 11.3. The minimum absolute atomic E-state index is 0.0592. The first-order chi connectivity index (χ1) is 16.7. The van der Waals surface area contributed by atoms with Crippen molar-refractivity contribution in [2.24, 2.45) is 46.3 Å². The van der Waals surface area contributed by atoms with Crippen LogP contribution in [0, 0.1) is 46.3 Å². The van der Waals surface area contributed by atoms with E-state index in [9.17, 15) is 4.79 Å². The van der Waals surface area contributed by atoms with Crippen LogP contribution < -0.4 is 5.32 Å². The number of hydrogen-bond acceptors (Lipinski definition) is 2. The number of hydrogen-bond donors (Lipinski definition) is 1. The maximum Gasteiger partial charge on any atom is 0.407 e. The summed E-state index contributed by atoms with van der Waals surface area (Å²) in [6, 6.07) is 0. The first-order valence-corrected chi connectivity index (χ1v) is 15.3. The molecule has 0 aromatic carbocycles. The van der Waals surface area contributed by atoms with Gasteiger partial charge < -0.3 is 10.1 Å². The van der Waals surface area contributed by atoms with Crippen molar-refractivity contribution in [1.29, 1.82) is 0 Å². The van der Waals surface area contributed by atoms with Crippen LogP contribution in [-0.2, 0) is 4.74 Å². The van der Waals surface area contributed by atoms with E-state index in [1.807, 2.05) is 0 Å². The Hall–Kier alpha value is -0.990. The van der Waals surface area contributed by atoms with Crippen LogP contribution in [0.4, 0.5) is 4.79 Å². The van der Waals surface area contributed by atoms with Crippen LogP contribution in [-0.4, -0.2) is 18.7 Å². The minimum Gasteiger partial charge on any atom is -0.446 e. The Morgan fingerprint density at radius 1 is 1.06 bits per heavy atom. The zero-order chi connectivity index (χ0) is 25.2.